The number of hydrogen-bond donors (Lipinski definition) is 1. The number of hydrogen-bond acceptors (Lipinski definition) is 6. The normalized spacial score (nSPS) is 25.1. The third-order valence-electron chi connectivity index (χ3n) is 7.10. The van der Waals surface area contributed by atoms with E-state index in [1.165, 1.54) is 6.92 Å². The molecule has 0 radical (unpaired) electrons. The first-order valence-electron chi connectivity index (χ1n) is 11.9. The number of halogens is 3. The zero-order chi connectivity index (χ0) is 25.4. The Labute approximate surface area is 202 Å². The molecule has 1 aromatic carbocycles. The molecule has 0 aromatic heterocycles. The van der Waals surface area contributed by atoms with Crippen molar-refractivity contribution in [2.24, 2.45) is 11.0 Å². The fourth-order valence-corrected chi connectivity index (χ4v) is 7.22. The van der Waals surface area contributed by atoms with Gasteiger partial charge in [0.25, 0.3) is 0 Å². The Kier molecular flexibility index (Phi) is 7.33. The zero-order valence-electron chi connectivity index (χ0n) is 19.4. The quantitative estimate of drug-likeness (QED) is 0.587. The summed E-state index contributed by atoms with van der Waals surface area (Å²) in [7, 11) is -3.27. The monoisotopic (exact) mass is 517 g/mol. The number of nitrogens with zero attached hydrogens (tertiary/aromatic N) is 3. The number of ether oxygens (including phenoxy) is 1. The van der Waals surface area contributed by atoms with Gasteiger partial charge in [-0.05, 0) is 49.9 Å². The fourth-order valence-electron chi connectivity index (χ4n) is 5.15. The highest BCUT2D eigenvalue weighted by Crippen LogP contribution is 2.37. The summed E-state index contributed by atoms with van der Waals surface area (Å²) in [6, 6.07) is 5.38. The number of anilines is 1. The first-order valence-corrected chi connectivity index (χ1v) is 13.4. The van der Waals surface area contributed by atoms with Crippen molar-refractivity contribution < 1.29 is 36.2 Å². The van der Waals surface area contributed by atoms with E-state index >= 15 is 0 Å². The predicted octanol–water partition coefficient (Wildman–Crippen LogP) is 4.02. The van der Waals surface area contributed by atoms with E-state index in [1.54, 1.807) is 28.6 Å². The molecule has 1 saturated heterocycles. The summed E-state index contributed by atoms with van der Waals surface area (Å²) in [6.07, 6.45) is -0.832. The largest absolute Gasteiger partial charge is 0.490 e. The Morgan fingerprint density at radius 1 is 1.11 bits per heavy atom. The van der Waals surface area contributed by atoms with Crippen molar-refractivity contribution in [3.63, 3.8) is 0 Å². The lowest BCUT2D eigenvalue weighted by atomic mass is 9.94. The van der Waals surface area contributed by atoms with Crippen molar-refractivity contribution in [1.82, 2.24) is 4.31 Å². The maximum absolute atomic E-state index is 13.4. The van der Waals surface area contributed by atoms with Gasteiger partial charge >= 0.3 is 12.1 Å². The number of hydrazone groups is 1. The third kappa shape index (κ3) is 5.58. The molecule has 0 bridgehead atoms. The SMILES string of the molecule is CC1C(C(F)(F)F)=NN(c2ccc(OC3CCN(S(=O)(=O)C4CCCC4)CC3)cc2)C1CC(=O)O. The average molecular weight is 518 g/mol. The van der Waals surface area contributed by atoms with Crippen LogP contribution in [0.5, 0.6) is 5.75 Å². The van der Waals surface area contributed by atoms with Crippen LogP contribution >= 0.6 is 0 Å². The molecular formula is C23H30F3N3O5S. The highest BCUT2D eigenvalue weighted by molar-refractivity contribution is 7.89. The number of carboxylic acids is 1. The number of aliphatic carboxylic acids is 1. The molecular weight excluding hydrogens is 487 g/mol. The Balaban J connectivity index is 1.39. The van der Waals surface area contributed by atoms with Crippen molar-refractivity contribution >= 4 is 27.4 Å². The molecule has 2 unspecified atom stereocenters. The van der Waals surface area contributed by atoms with Crippen LogP contribution in [0.1, 0.15) is 51.9 Å². The van der Waals surface area contributed by atoms with E-state index in [2.05, 4.69) is 5.10 Å². The van der Waals surface area contributed by atoms with E-state index in [0.29, 0.717) is 37.4 Å². The van der Waals surface area contributed by atoms with Gasteiger partial charge in [-0.3, -0.25) is 9.80 Å². The number of sulfonamides is 1. The fraction of sp³-hybridized carbons (Fsp3) is 0.652. The van der Waals surface area contributed by atoms with Gasteiger partial charge in [-0.15, -0.1) is 0 Å². The minimum atomic E-state index is -4.64. The Bertz CT molecular complexity index is 1050. The van der Waals surface area contributed by atoms with Crippen molar-refractivity contribution in [3.05, 3.63) is 24.3 Å². The van der Waals surface area contributed by atoms with E-state index in [4.69, 9.17) is 4.74 Å². The minimum Gasteiger partial charge on any atom is -0.490 e. The van der Waals surface area contributed by atoms with E-state index in [9.17, 15) is 31.5 Å². The molecule has 194 valence electrons. The van der Waals surface area contributed by atoms with Gasteiger partial charge in [-0.2, -0.15) is 18.3 Å². The van der Waals surface area contributed by atoms with Gasteiger partial charge in [0.2, 0.25) is 10.0 Å². The van der Waals surface area contributed by atoms with Crippen LogP contribution in [0.2, 0.25) is 0 Å². The number of carboxylic acid groups (broad SMARTS) is 1. The standard InChI is InChI=1S/C23H30F3N3O5S/c1-15-20(14-21(30)31)29(27-22(15)23(24,25)26)16-6-8-17(9-7-16)34-18-10-12-28(13-11-18)35(32,33)19-4-2-3-5-19/h6-9,15,18-20H,2-5,10-14H2,1H3,(H,30,31). The van der Waals surface area contributed by atoms with E-state index in [0.717, 1.165) is 30.7 Å². The summed E-state index contributed by atoms with van der Waals surface area (Å²) in [5, 5.41) is 13.7. The lowest BCUT2D eigenvalue weighted by molar-refractivity contribution is -0.137. The second-order valence-electron chi connectivity index (χ2n) is 9.44. The second-order valence-corrected chi connectivity index (χ2v) is 11.7. The van der Waals surface area contributed by atoms with Crippen LogP contribution in [-0.4, -0.2) is 66.2 Å². The van der Waals surface area contributed by atoms with E-state index < -0.39 is 46.3 Å². The van der Waals surface area contributed by atoms with Gasteiger partial charge in [0.1, 0.15) is 17.6 Å². The molecule has 2 atom stereocenters. The molecule has 2 fully saturated rings. The highest BCUT2D eigenvalue weighted by atomic mass is 32.2. The topological polar surface area (TPSA) is 99.5 Å². The molecule has 8 nitrogen and oxygen atoms in total. The lowest BCUT2D eigenvalue weighted by Crippen LogP contribution is -2.45. The van der Waals surface area contributed by atoms with Gasteiger partial charge in [-0.1, -0.05) is 19.8 Å². The number of alkyl halides is 3. The van der Waals surface area contributed by atoms with Crippen LogP contribution < -0.4 is 9.75 Å². The summed E-state index contributed by atoms with van der Waals surface area (Å²) in [5.41, 5.74) is -0.657. The highest BCUT2D eigenvalue weighted by Gasteiger charge is 2.48. The predicted molar refractivity (Wildman–Crippen MR) is 124 cm³/mol. The molecule has 0 amide bonds. The maximum Gasteiger partial charge on any atom is 0.431 e. The van der Waals surface area contributed by atoms with Gasteiger partial charge in [-0.25, -0.2) is 12.7 Å². The van der Waals surface area contributed by atoms with Gasteiger partial charge in [0.05, 0.1) is 23.4 Å². The van der Waals surface area contributed by atoms with Crippen LogP contribution in [0.4, 0.5) is 18.9 Å². The van der Waals surface area contributed by atoms with Crippen LogP contribution in [0.3, 0.4) is 0 Å². The summed E-state index contributed by atoms with van der Waals surface area (Å²) < 4.78 is 73.2. The lowest BCUT2D eigenvalue weighted by Gasteiger charge is -2.33. The van der Waals surface area contributed by atoms with Crippen molar-refractivity contribution in [2.75, 3.05) is 18.1 Å². The molecule has 3 aliphatic rings. The Morgan fingerprint density at radius 3 is 2.26 bits per heavy atom. The summed E-state index contributed by atoms with van der Waals surface area (Å²) in [6.45, 7) is 2.13. The van der Waals surface area contributed by atoms with Crippen LogP contribution in [0, 0.1) is 5.92 Å². The third-order valence-corrected chi connectivity index (χ3v) is 9.50. The van der Waals surface area contributed by atoms with Crippen molar-refractivity contribution in [3.8, 4) is 5.75 Å². The molecule has 1 N–H and O–H groups in total. The Morgan fingerprint density at radius 2 is 1.71 bits per heavy atom. The number of benzene rings is 1. The molecule has 2 aliphatic heterocycles. The van der Waals surface area contributed by atoms with Crippen molar-refractivity contribution in [2.45, 2.75) is 75.4 Å². The molecule has 35 heavy (non-hydrogen) atoms. The van der Waals surface area contributed by atoms with Gasteiger partial charge < -0.3 is 9.84 Å². The van der Waals surface area contributed by atoms with Crippen LogP contribution in [0.15, 0.2) is 29.4 Å². The average Bonchev–Trinajstić information content (AvgIpc) is 3.44. The van der Waals surface area contributed by atoms with Gasteiger partial charge in [0.15, 0.2) is 0 Å². The second kappa shape index (κ2) is 9.96. The first-order chi connectivity index (χ1) is 16.5. The number of carbonyl (C=O) groups is 1. The first kappa shape index (κ1) is 25.7. The molecule has 12 heteroatoms. The molecule has 1 saturated carbocycles. The molecule has 0 spiro atoms. The molecule has 2 heterocycles. The molecule has 4 rings (SSSR count). The van der Waals surface area contributed by atoms with E-state index in [-0.39, 0.29) is 11.4 Å². The number of piperidine rings is 1. The Hall–Kier alpha value is -2.34. The molecule has 1 aromatic rings. The maximum atomic E-state index is 13.4. The summed E-state index contributed by atoms with van der Waals surface area (Å²) in [5.74, 6) is -1.78. The van der Waals surface area contributed by atoms with Crippen LogP contribution in [0.25, 0.3) is 0 Å². The number of rotatable bonds is 7. The summed E-state index contributed by atoms with van der Waals surface area (Å²) >= 11 is 0. The zero-order valence-corrected chi connectivity index (χ0v) is 20.3. The smallest absolute Gasteiger partial charge is 0.431 e. The van der Waals surface area contributed by atoms with Crippen LogP contribution in [-0.2, 0) is 14.8 Å². The van der Waals surface area contributed by atoms with Gasteiger partial charge in [0, 0.05) is 19.0 Å². The minimum absolute atomic E-state index is 0.169. The van der Waals surface area contributed by atoms with E-state index in [1.807, 2.05) is 0 Å². The summed E-state index contributed by atoms with van der Waals surface area (Å²) in [4.78, 5) is 11.2. The molecule has 1 aliphatic carbocycles. The van der Waals surface area contributed by atoms with Crippen molar-refractivity contribution in [1.29, 1.82) is 0 Å².